The maximum absolute atomic E-state index is 3.53. The Balaban J connectivity index is 2.09. The fourth-order valence-electron chi connectivity index (χ4n) is 2.15. The number of halogens is 1. The predicted molar refractivity (Wildman–Crippen MR) is 63.6 cm³/mol. The maximum atomic E-state index is 3.53. The van der Waals surface area contributed by atoms with E-state index >= 15 is 0 Å². The van der Waals surface area contributed by atoms with Crippen LogP contribution in [0.15, 0.2) is 28.7 Å². The van der Waals surface area contributed by atoms with E-state index in [9.17, 15) is 0 Å². The molecule has 14 heavy (non-hydrogen) atoms. The van der Waals surface area contributed by atoms with Gasteiger partial charge in [-0.1, -0.05) is 35.0 Å². The molecule has 2 rings (SSSR count). The molecule has 0 spiro atoms. The molecule has 1 nitrogen and oxygen atoms in total. The molecule has 0 radical (unpaired) electrons. The van der Waals surface area contributed by atoms with Crippen LogP contribution in [0.3, 0.4) is 0 Å². The average Bonchev–Trinajstić information content (AvgIpc) is 2.66. The molecule has 0 N–H and O–H groups in total. The van der Waals surface area contributed by atoms with Crippen LogP contribution in [0.5, 0.6) is 0 Å². The zero-order valence-corrected chi connectivity index (χ0v) is 10.1. The van der Waals surface area contributed by atoms with Gasteiger partial charge in [-0.15, -0.1) is 0 Å². The Kier molecular flexibility index (Phi) is 3.24. The first-order valence-electron chi connectivity index (χ1n) is 5.27. The minimum Gasteiger partial charge on any atom is -0.303 e. The van der Waals surface area contributed by atoms with Crippen molar-refractivity contribution in [2.45, 2.75) is 19.3 Å². The summed E-state index contributed by atoms with van der Waals surface area (Å²) in [6.45, 7) is 5.91. The minimum absolute atomic E-state index is 0.743. The molecular formula is C12H16BrN. The molecule has 0 unspecified atom stereocenters. The summed E-state index contributed by atoms with van der Waals surface area (Å²) >= 11 is 3.53. The summed E-state index contributed by atoms with van der Waals surface area (Å²) in [6, 6.07) is 8.72. The summed E-state index contributed by atoms with van der Waals surface area (Å²) in [5.41, 5.74) is 1.48. The average molecular weight is 254 g/mol. The number of nitrogens with zero attached hydrogens (tertiary/aromatic N) is 1. The van der Waals surface area contributed by atoms with Crippen molar-refractivity contribution in [1.29, 1.82) is 0 Å². The third-order valence-corrected chi connectivity index (χ3v) is 3.53. The second-order valence-corrected chi connectivity index (χ2v) is 4.85. The Bertz CT molecular complexity index is 311. The lowest BCUT2D eigenvalue weighted by Gasteiger charge is -2.13. The molecule has 0 aromatic heterocycles. The van der Waals surface area contributed by atoms with E-state index in [0.717, 1.165) is 5.92 Å². The number of likely N-dealkylation sites (tertiary alicyclic amines) is 1. The molecule has 2 heteroatoms. The molecule has 1 atom stereocenters. The van der Waals surface area contributed by atoms with E-state index in [4.69, 9.17) is 0 Å². The predicted octanol–water partition coefficient (Wildman–Crippen LogP) is 3.26. The Hall–Kier alpha value is -0.340. The lowest BCUT2D eigenvalue weighted by atomic mass is 9.99. The van der Waals surface area contributed by atoms with Gasteiger partial charge in [-0.25, -0.2) is 0 Å². The maximum Gasteiger partial charge on any atom is 0.0178 e. The SMILES string of the molecule is CCN1CC[C@H](c2cccc(Br)c2)C1. The van der Waals surface area contributed by atoms with E-state index in [1.54, 1.807) is 0 Å². The van der Waals surface area contributed by atoms with Gasteiger partial charge in [0.1, 0.15) is 0 Å². The summed E-state index contributed by atoms with van der Waals surface area (Å²) in [7, 11) is 0. The van der Waals surface area contributed by atoms with Crippen LogP contribution < -0.4 is 0 Å². The zero-order valence-electron chi connectivity index (χ0n) is 8.54. The summed E-state index contributed by atoms with van der Waals surface area (Å²) in [6.07, 6.45) is 1.31. The number of hydrogen-bond acceptors (Lipinski definition) is 1. The first-order valence-corrected chi connectivity index (χ1v) is 6.06. The quantitative estimate of drug-likeness (QED) is 0.783. The van der Waals surface area contributed by atoms with E-state index in [-0.39, 0.29) is 0 Å². The van der Waals surface area contributed by atoms with E-state index in [1.807, 2.05) is 0 Å². The van der Waals surface area contributed by atoms with Crippen molar-refractivity contribution in [3.8, 4) is 0 Å². The summed E-state index contributed by atoms with van der Waals surface area (Å²) in [5.74, 6) is 0.743. The van der Waals surface area contributed by atoms with Crippen LogP contribution in [0.1, 0.15) is 24.8 Å². The van der Waals surface area contributed by atoms with Crippen molar-refractivity contribution in [2.24, 2.45) is 0 Å². The van der Waals surface area contributed by atoms with E-state index in [0.29, 0.717) is 0 Å². The van der Waals surface area contributed by atoms with Gasteiger partial charge in [-0.05, 0) is 43.1 Å². The Morgan fingerprint density at radius 3 is 3.00 bits per heavy atom. The standard InChI is InChI=1S/C12H16BrN/c1-2-14-7-6-11(9-14)10-4-3-5-12(13)8-10/h3-5,8,11H,2,6-7,9H2,1H3/t11-/m0/s1. The minimum atomic E-state index is 0.743. The fraction of sp³-hybridized carbons (Fsp3) is 0.500. The molecule has 0 saturated carbocycles. The van der Waals surface area contributed by atoms with E-state index in [2.05, 4.69) is 52.0 Å². The Labute approximate surface area is 94.2 Å². The number of rotatable bonds is 2. The summed E-state index contributed by atoms with van der Waals surface area (Å²) < 4.78 is 1.20. The van der Waals surface area contributed by atoms with Crippen LogP contribution in [-0.4, -0.2) is 24.5 Å². The number of hydrogen-bond donors (Lipinski definition) is 0. The smallest absolute Gasteiger partial charge is 0.0178 e. The van der Waals surface area contributed by atoms with Gasteiger partial charge in [-0.2, -0.15) is 0 Å². The monoisotopic (exact) mass is 253 g/mol. The summed E-state index contributed by atoms with van der Waals surface area (Å²) in [5, 5.41) is 0. The van der Waals surface area contributed by atoms with Crippen molar-refractivity contribution in [3.05, 3.63) is 34.3 Å². The van der Waals surface area contributed by atoms with Gasteiger partial charge in [-0.3, -0.25) is 0 Å². The highest BCUT2D eigenvalue weighted by Crippen LogP contribution is 2.28. The van der Waals surface area contributed by atoms with E-state index in [1.165, 1.54) is 36.1 Å². The third kappa shape index (κ3) is 2.18. The van der Waals surface area contributed by atoms with Gasteiger partial charge in [0.2, 0.25) is 0 Å². The molecule has 0 bridgehead atoms. The highest BCUT2D eigenvalue weighted by Gasteiger charge is 2.22. The van der Waals surface area contributed by atoms with Crippen LogP contribution in [0.2, 0.25) is 0 Å². The van der Waals surface area contributed by atoms with Gasteiger partial charge in [0.25, 0.3) is 0 Å². The molecule has 1 saturated heterocycles. The molecule has 1 heterocycles. The Morgan fingerprint density at radius 1 is 1.50 bits per heavy atom. The third-order valence-electron chi connectivity index (χ3n) is 3.04. The van der Waals surface area contributed by atoms with Gasteiger partial charge < -0.3 is 4.90 Å². The van der Waals surface area contributed by atoms with Crippen molar-refractivity contribution in [1.82, 2.24) is 4.90 Å². The van der Waals surface area contributed by atoms with Crippen LogP contribution in [-0.2, 0) is 0 Å². The van der Waals surface area contributed by atoms with Crippen molar-refractivity contribution in [2.75, 3.05) is 19.6 Å². The molecule has 0 amide bonds. The van der Waals surface area contributed by atoms with Gasteiger partial charge in [0, 0.05) is 11.0 Å². The summed E-state index contributed by atoms with van der Waals surface area (Å²) in [4.78, 5) is 2.52. The second kappa shape index (κ2) is 4.45. The van der Waals surface area contributed by atoms with Gasteiger partial charge >= 0.3 is 0 Å². The largest absolute Gasteiger partial charge is 0.303 e. The fourth-order valence-corrected chi connectivity index (χ4v) is 2.57. The highest BCUT2D eigenvalue weighted by molar-refractivity contribution is 9.10. The number of benzene rings is 1. The highest BCUT2D eigenvalue weighted by atomic mass is 79.9. The lowest BCUT2D eigenvalue weighted by molar-refractivity contribution is 0.354. The molecule has 1 fully saturated rings. The molecule has 76 valence electrons. The van der Waals surface area contributed by atoms with Crippen LogP contribution in [0.4, 0.5) is 0 Å². The van der Waals surface area contributed by atoms with Gasteiger partial charge in [0.05, 0.1) is 0 Å². The molecular weight excluding hydrogens is 238 g/mol. The van der Waals surface area contributed by atoms with E-state index < -0.39 is 0 Å². The van der Waals surface area contributed by atoms with Crippen molar-refractivity contribution < 1.29 is 0 Å². The zero-order chi connectivity index (χ0) is 9.97. The van der Waals surface area contributed by atoms with Crippen molar-refractivity contribution >= 4 is 15.9 Å². The molecule has 1 aromatic carbocycles. The normalized spacial score (nSPS) is 22.9. The first-order chi connectivity index (χ1) is 6.79. The molecule has 0 aliphatic carbocycles. The molecule has 1 aromatic rings. The lowest BCUT2D eigenvalue weighted by Crippen LogP contribution is -2.19. The topological polar surface area (TPSA) is 3.24 Å². The van der Waals surface area contributed by atoms with Crippen LogP contribution in [0.25, 0.3) is 0 Å². The second-order valence-electron chi connectivity index (χ2n) is 3.93. The van der Waals surface area contributed by atoms with Crippen molar-refractivity contribution in [3.63, 3.8) is 0 Å². The molecule has 1 aliphatic heterocycles. The Morgan fingerprint density at radius 2 is 2.36 bits per heavy atom. The number of likely N-dealkylation sites (N-methyl/N-ethyl adjacent to an activating group) is 1. The van der Waals surface area contributed by atoms with Crippen LogP contribution in [0, 0.1) is 0 Å². The molecule has 1 aliphatic rings. The first kappa shape index (κ1) is 10.2. The van der Waals surface area contributed by atoms with Gasteiger partial charge in [0.15, 0.2) is 0 Å². The van der Waals surface area contributed by atoms with Crippen LogP contribution >= 0.6 is 15.9 Å².